The molecule has 0 bridgehead atoms. The van der Waals surface area contributed by atoms with Crippen LogP contribution in [0.15, 0.2) is 97.3 Å². The zero-order valence-corrected chi connectivity index (χ0v) is 20.8. The van der Waals surface area contributed by atoms with E-state index in [9.17, 15) is 4.79 Å². The molecule has 7 nitrogen and oxygen atoms in total. The van der Waals surface area contributed by atoms with Gasteiger partial charge in [-0.3, -0.25) is 9.78 Å². The van der Waals surface area contributed by atoms with Crippen LogP contribution >= 0.6 is 0 Å². The lowest BCUT2D eigenvalue weighted by Crippen LogP contribution is -2.31. The van der Waals surface area contributed by atoms with Crippen LogP contribution in [0.1, 0.15) is 40.3 Å². The minimum absolute atomic E-state index is 0.234. The molecule has 2 aromatic heterocycles. The normalized spacial score (nSPS) is 11.7. The van der Waals surface area contributed by atoms with E-state index in [1.54, 1.807) is 30.6 Å². The number of benzene rings is 3. The van der Waals surface area contributed by atoms with Crippen LogP contribution in [0.5, 0.6) is 11.5 Å². The Morgan fingerprint density at radius 3 is 2.43 bits per heavy atom. The van der Waals surface area contributed by atoms with Gasteiger partial charge >= 0.3 is 0 Å². The summed E-state index contributed by atoms with van der Waals surface area (Å²) in [6, 6.07) is 26.4. The van der Waals surface area contributed by atoms with Gasteiger partial charge < -0.3 is 19.4 Å². The number of ether oxygens (including phenoxy) is 2. The number of carbonyl (C=O) groups excluding carboxylic acids is 1. The lowest BCUT2D eigenvalue weighted by Gasteiger charge is -2.20. The first-order chi connectivity index (χ1) is 18.1. The highest BCUT2D eigenvalue weighted by Gasteiger charge is 2.24. The minimum atomic E-state index is -0.440. The molecule has 0 aliphatic carbocycles. The van der Waals surface area contributed by atoms with Gasteiger partial charge in [-0.05, 0) is 60.5 Å². The maximum Gasteiger partial charge on any atom is 0.252 e. The number of fused-ring (bicyclic) bond motifs is 1. The predicted molar refractivity (Wildman–Crippen MR) is 143 cm³/mol. The first-order valence-corrected chi connectivity index (χ1v) is 12.2. The number of amides is 1. The monoisotopic (exact) mass is 492 g/mol. The van der Waals surface area contributed by atoms with E-state index in [4.69, 9.17) is 14.5 Å². The van der Waals surface area contributed by atoms with Crippen LogP contribution in [0, 0.1) is 0 Å². The Morgan fingerprint density at radius 2 is 1.68 bits per heavy atom. The van der Waals surface area contributed by atoms with E-state index >= 15 is 0 Å². The zero-order chi connectivity index (χ0) is 25.6. The average molecular weight is 493 g/mol. The molecule has 2 heterocycles. The number of rotatable bonds is 9. The number of hydrogen-bond acceptors (Lipinski definition) is 5. The van der Waals surface area contributed by atoms with E-state index < -0.39 is 6.04 Å². The Kier molecular flexibility index (Phi) is 7.12. The van der Waals surface area contributed by atoms with Crippen molar-refractivity contribution in [3.05, 3.63) is 120 Å². The molecule has 1 N–H and O–H groups in total. The SMILES string of the molecule is CCOc1cc(C(=O)NC(c2ccccc2)c2nc3ccccc3n2C)ccc1OCc1ccncc1. The number of aromatic nitrogens is 3. The van der Waals surface area contributed by atoms with Gasteiger partial charge in [-0.15, -0.1) is 0 Å². The van der Waals surface area contributed by atoms with Crippen molar-refractivity contribution in [2.45, 2.75) is 19.6 Å². The maximum absolute atomic E-state index is 13.5. The molecule has 7 heteroatoms. The van der Waals surface area contributed by atoms with Crippen LogP contribution in [-0.2, 0) is 13.7 Å². The van der Waals surface area contributed by atoms with Crippen molar-refractivity contribution in [1.82, 2.24) is 19.9 Å². The molecule has 0 radical (unpaired) electrons. The Labute approximate surface area is 215 Å². The lowest BCUT2D eigenvalue weighted by molar-refractivity contribution is 0.0940. The van der Waals surface area contributed by atoms with Crippen molar-refractivity contribution >= 4 is 16.9 Å². The van der Waals surface area contributed by atoms with Gasteiger partial charge in [-0.25, -0.2) is 4.98 Å². The molecule has 5 rings (SSSR count). The maximum atomic E-state index is 13.5. The Balaban J connectivity index is 1.43. The molecule has 3 aromatic carbocycles. The van der Waals surface area contributed by atoms with Crippen LogP contribution < -0.4 is 14.8 Å². The number of para-hydroxylation sites is 2. The molecule has 0 spiro atoms. The number of nitrogens with one attached hydrogen (secondary N) is 1. The summed E-state index contributed by atoms with van der Waals surface area (Å²) in [7, 11) is 1.97. The van der Waals surface area contributed by atoms with Gasteiger partial charge in [0.25, 0.3) is 5.91 Å². The molecule has 1 unspecified atom stereocenters. The van der Waals surface area contributed by atoms with Gasteiger partial charge in [0.1, 0.15) is 18.5 Å². The van der Waals surface area contributed by atoms with E-state index in [0.29, 0.717) is 30.3 Å². The molecule has 0 fully saturated rings. The predicted octanol–water partition coefficient (Wildman–Crippen LogP) is 5.47. The third-order valence-electron chi connectivity index (χ3n) is 6.14. The fraction of sp³-hybridized carbons (Fsp3) is 0.167. The fourth-order valence-electron chi connectivity index (χ4n) is 4.26. The van der Waals surface area contributed by atoms with Crippen molar-refractivity contribution in [3.63, 3.8) is 0 Å². The largest absolute Gasteiger partial charge is 0.490 e. The van der Waals surface area contributed by atoms with Crippen LogP contribution in [-0.4, -0.2) is 27.0 Å². The summed E-state index contributed by atoms with van der Waals surface area (Å²) in [5, 5.41) is 3.19. The van der Waals surface area contributed by atoms with Gasteiger partial charge in [0.2, 0.25) is 0 Å². The molecule has 186 valence electrons. The zero-order valence-electron chi connectivity index (χ0n) is 20.8. The van der Waals surface area contributed by atoms with Gasteiger partial charge in [0.15, 0.2) is 11.5 Å². The summed E-state index contributed by atoms with van der Waals surface area (Å²) in [6.45, 7) is 2.72. The molecule has 37 heavy (non-hydrogen) atoms. The second-order valence-electron chi connectivity index (χ2n) is 8.57. The summed E-state index contributed by atoms with van der Waals surface area (Å²) < 4.78 is 13.8. The van der Waals surface area contributed by atoms with Gasteiger partial charge in [-0.1, -0.05) is 42.5 Å². The fourth-order valence-corrected chi connectivity index (χ4v) is 4.26. The number of imidazole rings is 1. The summed E-state index contributed by atoms with van der Waals surface area (Å²) >= 11 is 0. The summed E-state index contributed by atoms with van der Waals surface area (Å²) in [4.78, 5) is 22.4. The van der Waals surface area contributed by atoms with E-state index in [1.807, 2.05) is 85.3 Å². The molecule has 1 amide bonds. The highest BCUT2D eigenvalue weighted by Crippen LogP contribution is 2.30. The summed E-state index contributed by atoms with van der Waals surface area (Å²) in [5.74, 6) is 1.61. The van der Waals surface area contributed by atoms with Gasteiger partial charge in [0.05, 0.1) is 17.6 Å². The van der Waals surface area contributed by atoms with Gasteiger partial charge in [-0.2, -0.15) is 0 Å². The Hall–Kier alpha value is -4.65. The first-order valence-electron chi connectivity index (χ1n) is 12.2. The highest BCUT2D eigenvalue weighted by molar-refractivity contribution is 5.95. The first kappa shape index (κ1) is 24.1. The van der Waals surface area contributed by atoms with Crippen molar-refractivity contribution in [3.8, 4) is 11.5 Å². The molecule has 0 aliphatic rings. The molecule has 0 saturated heterocycles. The number of carbonyl (C=O) groups is 1. The molecule has 0 saturated carbocycles. The second-order valence-corrected chi connectivity index (χ2v) is 8.57. The number of hydrogen-bond donors (Lipinski definition) is 1. The second kappa shape index (κ2) is 11.0. The van der Waals surface area contributed by atoms with Crippen molar-refractivity contribution < 1.29 is 14.3 Å². The van der Waals surface area contributed by atoms with Crippen molar-refractivity contribution in [2.24, 2.45) is 7.05 Å². The van der Waals surface area contributed by atoms with E-state index in [1.165, 1.54) is 0 Å². The van der Waals surface area contributed by atoms with Crippen molar-refractivity contribution in [2.75, 3.05) is 6.61 Å². The van der Waals surface area contributed by atoms with Crippen LogP contribution in [0.25, 0.3) is 11.0 Å². The van der Waals surface area contributed by atoms with Crippen LogP contribution in [0.2, 0.25) is 0 Å². The smallest absolute Gasteiger partial charge is 0.252 e. The number of aryl methyl sites for hydroxylation is 1. The number of nitrogens with zero attached hydrogens (tertiary/aromatic N) is 3. The Morgan fingerprint density at radius 1 is 0.919 bits per heavy atom. The molecular formula is C30H28N4O3. The van der Waals surface area contributed by atoms with Crippen LogP contribution in [0.4, 0.5) is 0 Å². The summed E-state index contributed by atoms with van der Waals surface area (Å²) in [6.07, 6.45) is 3.45. The quantitative estimate of drug-likeness (QED) is 0.295. The third-order valence-corrected chi connectivity index (χ3v) is 6.14. The Bertz CT molecular complexity index is 1500. The minimum Gasteiger partial charge on any atom is -0.490 e. The van der Waals surface area contributed by atoms with E-state index in [0.717, 1.165) is 28.0 Å². The van der Waals surface area contributed by atoms with Crippen molar-refractivity contribution in [1.29, 1.82) is 0 Å². The third kappa shape index (κ3) is 5.30. The highest BCUT2D eigenvalue weighted by atomic mass is 16.5. The topological polar surface area (TPSA) is 78.3 Å². The number of pyridine rings is 1. The molecular weight excluding hydrogens is 464 g/mol. The standard InChI is InChI=1S/C30H28N4O3/c1-3-36-27-19-23(13-14-26(27)37-20-21-15-17-31-18-16-21)30(35)33-28(22-9-5-4-6-10-22)29-32-24-11-7-8-12-25(24)34(29)2/h4-19,28H,3,20H2,1-2H3,(H,33,35). The lowest BCUT2D eigenvalue weighted by atomic mass is 10.1. The van der Waals surface area contributed by atoms with E-state index in [2.05, 4.69) is 10.3 Å². The molecule has 0 aliphatic heterocycles. The summed E-state index contributed by atoms with van der Waals surface area (Å²) in [5.41, 5.74) is 4.29. The molecule has 5 aromatic rings. The molecule has 1 atom stereocenters. The van der Waals surface area contributed by atoms with E-state index in [-0.39, 0.29) is 5.91 Å². The van der Waals surface area contributed by atoms with Gasteiger partial charge in [0, 0.05) is 25.0 Å². The average Bonchev–Trinajstić information content (AvgIpc) is 3.28. The van der Waals surface area contributed by atoms with Crippen LogP contribution in [0.3, 0.4) is 0 Å².